The molecule has 2 aromatic heterocycles. The molecule has 0 bridgehead atoms. The molecular weight excluding hydrogens is 1030 g/mol. The second kappa shape index (κ2) is 26.6. The highest BCUT2D eigenvalue weighted by Gasteiger charge is 2.39. The number of hydrogen-bond donors (Lipinski definition) is 1. The van der Waals surface area contributed by atoms with Gasteiger partial charge in [0.05, 0.1) is 25.2 Å². The highest BCUT2D eigenvalue weighted by atomic mass is 16.5. The number of ketones is 1. The first kappa shape index (κ1) is 57.9. The molecule has 1 aliphatic heterocycles. The Kier molecular flexibility index (Phi) is 19.0. The SMILES string of the molecule is C=C(C)C(=O)OCCc1ccc(O)c(-n2nc3ccccc3n2)c1.C=C(C)C(=O)OCCc1ccc(OC(=O)CCC(=O)N2CCN(c3ccc(C(=O)C(CC)(Cc4ccccc4)N(C)C)cc3)CC2)c(-n2nc3ccccc3n2)c1. The number of anilines is 1. The summed E-state index contributed by atoms with van der Waals surface area (Å²) in [5.74, 6) is -1.12. The molecule has 81 heavy (non-hydrogen) atoms. The van der Waals surface area contributed by atoms with Crippen LogP contribution in [0, 0.1) is 0 Å². The number of esters is 3. The summed E-state index contributed by atoms with van der Waals surface area (Å²) in [4.78, 5) is 72.5. The summed E-state index contributed by atoms with van der Waals surface area (Å²) in [6.07, 6.45) is 2.15. The number of fused-ring (bicyclic) bond motifs is 2. The normalized spacial score (nSPS) is 13.0. The topological polar surface area (TPSA) is 204 Å². The number of carbonyl (C=O) groups is 5. The standard InChI is InChI=1S/C45H50N6O6.C18H17N3O3/c1-6-45(48(4)5,31-34-12-8-7-9-13-34)43(54)35-17-19-36(20-18-35)49-25-27-50(28-26-49)41(52)22-23-42(53)57-40-21-16-33(24-29-56-44(55)32(2)3)30-39(40)51-46-37-14-10-11-15-38(37)47-51;1-12(2)18(23)24-10-9-13-7-8-17(22)16(11-13)21-19-14-5-3-4-6-15(14)20-21/h7-21,30H,2,6,22-29,31H2,1,3-5H3;3-8,11,22H,1,9-10H2,2H3. The van der Waals surface area contributed by atoms with Gasteiger partial charge in [-0.15, -0.1) is 30.0 Å². The number of ether oxygens (including phenoxy) is 3. The minimum atomic E-state index is -0.662. The number of phenols is 1. The summed E-state index contributed by atoms with van der Waals surface area (Å²) < 4.78 is 16.1. The van der Waals surface area contributed by atoms with Gasteiger partial charge in [-0.2, -0.15) is 0 Å². The van der Waals surface area contributed by atoms with Crippen LogP contribution in [0.25, 0.3) is 33.4 Å². The second-order valence-corrected chi connectivity index (χ2v) is 20.1. The molecule has 1 fully saturated rings. The molecule has 1 saturated heterocycles. The van der Waals surface area contributed by atoms with Gasteiger partial charge in [0.25, 0.3) is 0 Å². The molecule has 6 aromatic carbocycles. The van der Waals surface area contributed by atoms with Gasteiger partial charge < -0.3 is 29.1 Å². The Balaban J connectivity index is 0.000000297. The zero-order valence-corrected chi connectivity index (χ0v) is 46.4. The van der Waals surface area contributed by atoms with E-state index >= 15 is 0 Å². The van der Waals surface area contributed by atoms with Crippen LogP contribution < -0.4 is 9.64 Å². The van der Waals surface area contributed by atoms with Crippen molar-refractivity contribution in [3.8, 4) is 22.9 Å². The Morgan fingerprint density at radius 3 is 1.60 bits per heavy atom. The first-order valence-corrected chi connectivity index (χ1v) is 26.9. The fourth-order valence-corrected chi connectivity index (χ4v) is 9.37. The third-order valence-corrected chi connectivity index (χ3v) is 14.1. The maximum Gasteiger partial charge on any atom is 0.333 e. The van der Waals surface area contributed by atoms with Crippen molar-refractivity contribution in [2.45, 2.75) is 64.8 Å². The number of Topliss-reactive ketones (excluding diaryl/α,β-unsaturated/α-hetero) is 1. The molecule has 0 aliphatic carbocycles. The molecule has 418 valence electrons. The van der Waals surface area contributed by atoms with E-state index in [0.29, 0.717) is 91.0 Å². The smallest absolute Gasteiger partial charge is 0.333 e. The van der Waals surface area contributed by atoms with Gasteiger partial charge in [-0.1, -0.05) is 86.8 Å². The van der Waals surface area contributed by atoms with Crippen molar-refractivity contribution < 1.29 is 43.3 Å². The summed E-state index contributed by atoms with van der Waals surface area (Å²) in [6.45, 7) is 15.1. The molecule has 0 radical (unpaired) electrons. The van der Waals surface area contributed by atoms with Crippen molar-refractivity contribution in [3.63, 3.8) is 0 Å². The predicted molar refractivity (Wildman–Crippen MR) is 310 cm³/mol. The van der Waals surface area contributed by atoms with Crippen molar-refractivity contribution in [1.29, 1.82) is 0 Å². The molecule has 18 nitrogen and oxygen atoms in total. The Bertz CT molecular complexity index is 3500. The van der Waals surface area contributed by atoms with Crippen LogP contribution in [0.2, 0.25) is 0 Å². The van der Waals surface area contributed by atoms with Crippen molar-refractivity contribution in [3.05, 3.63) is 186 Å². The van der Waals surface area contributed by atoms with Gasteiger partial charge in [0.2, 0.25) is 5.91 Å². The molecule has 9 rings (SSSR count). The molecular formula is C63H67N9O9. The number of carbonyl (C=O) groups excluding carboxylic acids is 5. The zero-order valence-electron chi connectivity index (χ0n) is 46.4. The lowest BCUT2D eigenvalue weighted by atomic mass is 9.80. The highest BCUT2D eigenvalue weighted by Crippen LogP contribution is 2.30. The van der Waals surface area contributed by atoms with E-state index in [-0.39, 0.29) is 49.2 Å². The molecule has 1 N–H and O–H groups in total. The van der Waals surface area contributed by atoms with Crippen LogP contribution in [0.3, 0.4) is 0 Å². The van der Waals surface area contributed by atoms with Crippen molar-refractivity contribution >= 4 is 57.4 Å². The predicted octanol–water partition coefficient (Wildman–Crippen LogP) is 9.04. The molecule has 1 aliphatic rings. The Hall–Kier alpha value is -9.29. The maximum atomic E-state index is 14.0. The Morgan fingerprint density at radius 1 is 0.605 bits per heavy atom. The van der Waals surface area contributed by atoms with Crippen LogP contribution in [-0.4, -0.2) is 134 Å². The van der Waals surface area contributed by atoms with Crippen molar-refractivity contribution in [1.82, 2.24) is 39.8 Å². The third kappa shape index (κ3) is 14.5. The molecule has 3 heterocycles. The minimum Gasteiger partial charge on any atom is -0.506 e. The number of amides is 1. The summed E-state index contributed by atoms with van der Waals surface area (Å²) in [5, 5.41) is 28.0. The molecule has 1 unspecified atom stereocenters. The number of likely N-dealkylation sites (N-methyl/N-ethyl adjacent to an activating group) is 1. The molecule has 1 atom stereocenters. The Morgan fingerprint density at radius 2 is 1.10 bits per heavy atom. The lowest BCUT2D eigenvalue weighted by Gasteiger charge is -2.38. The first-order chi connectivity index (χ1) is 39.0. The number of aromatic hydroxyl groups is 1. The summed E-state index contributed by atoms with van der Waals surface area (Å²) in [7, 11) is 3.94. The van der Waals surface area contributed by atoms with Gasteiger partial charge in [0.1, 0.15) is 39.2 Å². The summed E-state index contributed by atoms with van der Waals surface area (Å²) >= 11 is 0. The molecule has 1 amide bonds. The van der Waals surface area contributed by atoms with Crippen molar-refractivity contribution in [2.75, 3.05) is 58.4 Å². The number of aromatic nitrogens is 6. The molecule has 0 saturated carbocycles. The van der Waals surface area contributed by atoms with Gasteiger partial charge >= 0.3 is 17.9 Å². The average molecular weight is 1090 g/mol. The van der Waals surface area contributed by atoms with E-state index in [0.717, 1.165) is 33.4 Å². The van der Waals surface area contributed by atoms with E-state index in [1.165, 1.54) is 9.59 Å². The van der Waals surface area contributed by atoms with E-state index < -0.39 is 23.4 Å². The number of rotatable bonds is 21. The van der Waals surface area contributed by atoms with E-state index in [2.05, 4.69) is 57.5 Å². The van der Waals surface area contributed by atoms with Crippen LogP contribution in [-0.2, 0) is 47.9 Å². The van der Waals surface area contributed by atoms with E-state index in [9.17, 15) is 29.1 Å². The van der Waals surface area contributed by atoms with Gasteiger partial charge in [0, 0.05) is 67.8 Å². The lowest BCUT2D eigenvalue weighted by molar-refractivity contribution is -0.139. The third-order valence-electron chi connectivity index (χ3n) is 14.1. The van der Waals surface area contributed by atoms with Crippen LogP contribution >= 0.6 is 0 Å². The summed E-state index contributed by atoms with van der Waals surface area (Å²) in [5.41, 5.74) is 8.30. The van der Waals surface area contributed by atoms with Crippen molar-refractivity contribution in [2.24, 2.45) is 0 Å². The van der Waals surface area contributed by atoms with E-state index in [1.807, 2.05) is 110 Å². The number of benzene rings is 6. The van der Waals surface area contributed by atoms with Crippen LogP contribution in [0.15, 0.2) is 164 Å². The highest BCUT2D eigenvalue weighted by molar-refractivity contribution is 6.03. The van der Waals surface area contributed by atoms with Gasteiger partial charge in [0.15, 0.2) is 11.5 Å². The van der Waals surface area contributed by atoms with E-state index in [4.69, 9.17) is 14.2 Å². The van der Waals surface area contributed by atoms with Crippen LogP contribution in [0.1, 0.15) is 67.1 Å². The maximum absolute atomic E-state index is 14.0. The lowest BCUT2D eigenvalue weighted by Crippen LogP contribution is -2.52. The quantitative estimate of drug-likeness (QED) is 0.0309. The van der Waals surface area contributed by atoms with Gasteiger partial charge in [-0.05, 0) is 130 Å². The average Bonchev–Trinajstić information content (AvgIpc) is 4.35. The fourth-order valence-electron chi connectivity index (χ4n) is 9.37. The Labute approximate surface area is 470 Å². The summed E-state index contributed by atoms with van der Waals surface area (Å²) in [6, 6.07) is 43.2. The number of phenolic OH excluding ortho intramolecular Hbond substituents is 1. The van der Waals surface area contributed by atoms with Crippen LogP contribution in [0.5, 0.6) is 11.5 Å². The number of nitrogens with zero attached hydrogens (tertiary/aromatic N) is 9. The number of piperazine rings is 1. The first-order valence-electron chi connectivity index (χ1n) is 26.9. The molecule has 0 spiro atoms. The fraction of sp³-hybridized carbons (Fsp3) is 0.286. The van der Waals surface area contributed by atoms with Crippen LogP contribution in [0.4, 0.5) is 5.69 Å². The number of hydrogen-bond acceptors (Lipinski definition) is 15. The zero-order chi connectivity index (χ0) is 57.6. The molecule has 8 aromatic rings. The second-order valence-electron chi connectivity index (χ2n) is 20.1. The van der Waals surface area contributed by atoms with Gasteiger partial charge in [-0.25, -0.2) is 9.59 Å². The van der Waals surface area contributed by atoms with E-state index in [1.54, 1.807) is 55.1 Å². The largest absolute Gasteiger partial charge is 0.506 e. The van der Waals surface area contributed by atoms with Gasteiger partial charge in [-0.3, -0.25) is 19.3 Å². The molecule has 18 heteroatoms. The minimum absolute atomic E-state index is 0.00901. The monoisotopic (exact) mass is 1090 g/mol.